The average Bonchev–Trinajstić information content (AvgIpc) is 2.73. The summed E-state index contributed by atoms with van der Waals surface area (Å²) in [7, 11) is -2.17. The molecular weight excluding hydrogens is 427 g/mol. The van der Waals surface area contributed by atoms with Gasteiger partial charge in [0.2, 0.25) is 12.2 Å². The van der Waals surface area contributed by atoms with Gasteiger partial charge in [0.05, 0.1) is 11.6 Å². The highest BCUT2D eigenvalue weighted by molar-refractivity contribution is 7.45. The first-order valence-corrected chi connectivity index (χ1v) is 11.3. The fourth-order valence-corrected chi connectivity index (χ4v) is 3.63. The molecule has 5 atom stereocenters. The molecule has 0 saturated carbocycles. The number of benzene rings is 1. The number of nitrogens with one attached hydrogen (secondary N) is 1. The molecule has 1 aromatic carbocycles. The number of rotatable bonds is 7. The van der Waals surface area contributed by atoms with E-state index in [9.17, 15) is 20.1 Å². The first-order chi connectivity index (χ1) is 14.7. The summed E-state index contributed by atoms with van der Waals surface area (Å²) in [6, 6.07) is 8.37. The minimum atomic E-state index is -2.17. The SMILES string of the molecule is CC(C)C(=O)Nc1ccc2cc(O[C@H]3OC(CCP(O)O)[C@@H](O)C(O)C3O)ccc2n1. The van der Waals surface area contributed by atoms with Crippen LogP contribution in [0.3, 0.4) is 0 Å². The van der Waals surface area contributed by atoms with Crippen molar-refractivity contribution in [3.63, 3.8) is 0 Å². The Morgan fingerprint density at radius 1 is 1.16 bits per heavy atom. The monoisotopic (exact) mass is 454 g/mol. The van der Waals surface area contributed by atoms with Crippen LogP contribution in [0, 0.1) is 5.92 Å². The maximum absolute atomic E-state index is 11.8. The molecule has 1 fully saturated rings. The summed E-state index contributed by atoms with van der Waals surface area (Å²) in [6.07, 6.45) is -6.52. The van der Waals surface area contributed by atoms with E-state index in [0.717, 1.165) is 0 Å². The van der Waals surface area contributed by atoms with E-state index in [0.29, 0.717) is 22.5 Å². The van der Waals surface area contributed by atoms with E-state index in [2.05, 4.69) is 10.3 Å². The number of amides is 1. The van der Waals surface area contributed by atoms with Gasteiger partial charge in [-0.1, -0.05) is 13.8 Å². The average molecular weight is 454 g/mol. The number of pyridine rings is 1. The lowest BCUT2D eigenvalue weighted by atomic mass is 9.97. The fourth-order valence-electron chi connectivity index (χ4n) is 3.15. The number of hydrogen-bond acceptors (Lipinski definition) is 9. The smallest absolute Gasteiger partial charge is 0.229 e. The van der Waals surface area contributed by atoms with Crippen LogP contribution in [0.15, 0.2) is 30.3 Å². The number of carbonyl (C=O) groups excluding carboxylic acids is 1. The zero-order chi connectivity index (χ0) is 22.7. The molecule has 0 radical (unpaired) electrons. The minimum absolute atomic E-state index is 0.01000. The van der Waals surface area contributed by atoms with Gasteiger partial charge in [0.1, 0.15) is 29.9 Å². The Kier molecular flexibility index (Phi) is 7.77. The van der Waals surface area contributed by atoms with E-state index in [-0.39, 0.29) is 24.4 Å². The van der Waals surface area contributed by atoms with Crippen molar-refractivity contribution in [2.24, 2.45) is 5.92 Å². The molecule has 10 nitrogen and oxygen atoms in total. The Morgan fingerprint density at radius 2 is 1.90 bits per heavy atom. The molecule has 6 N–H and O–H groups in total. The Bertz CT molecular complexity index is 912. The van der Waals surface area contributed by atoms with Crippen molar-refractivity contribution in [2.45, 2.75) is 51.0 Å². The molecule has 1 aliphatic rings. The standard InChI is InChI=1S/C20H27N2O8P/c1-10(2)19(26)22-15-6-3-11-9-12(4-5-13(11)21-15)29-20-18(25)17(24)16(23)14(30-20)7-8-31(27)28/h3-6,9-10,14,16-18,20,23-25,27-28H,7-8H2,1-2H3,(H,21,22,26)/t14?,16-,17?,18?,20+/m1/s1. The summed E-state index contributed by atoms with van der Waals surface area (Å²) < 4.78 is 11.3. The van der Waals surface area contributed by atoms with Crippen LogP contribution in [0.2, 0.25) is 0 Å². The predicted molar refractivity (Wildman–Crippen MR) is 113 cm³/mol. The van der Waals surface area contributed by atoms with Gasteiger partial charge >= 0.3 is 0 Å². The van der Waals surface area contributed by atoms with Crippen molar-refractivity contribution >= 4 is 31.0 Å². The number of aliphatic hydroxyl groups excluding tert-OH is 3. The van der Waals surface area contributed by atoms with Crippen LogP contribution >= 0.6 is 8.38 Å². The first kappa shape index (κ1) is 23.7. The number of fused-ring (bicyclic) bond motifs is 1. The summed E-state index contributed by atoms with van der Waals surface area (Å²) in [6.45, 7) is 3.57. The molecule has 11 heteroatoms. The maximum atomic E-state index is 11.8. The Balaban J connectivity index is 1.73. The summed E-state index contributed by atoms with van der Waals surface area (Å²) in [5, 5.41) is 33.9. The quantitative estimate of drug-likeness (QED) is 0.331. The molecule has 0 bridgehead atoms. The number of nitrogens with zero attached hydrogens (tertiary/aromatic N) is 1. The van der Waals surface area contributed by atoms with Gasteiger partial charge in [-0.15, -0.1) is 0 Å². The van der Waals surface area contributed by atoms with E-state index in [1.807, 2.05) is 0 Å². The van der Waals surface area contributed by atoms with Gasteiger partial charge in [0.15, 0.2) is 8.38 Å². The lowest BCUT2D eigenvalue weighted by Crippen LogP contribution is -2.59. The van der Waals surface area contributed by atoms with Crippen LogP contribution in [0.1, 0.15) is 20.3 Å². The van der Waals surface area contributed by atoms with E-state index in [4.69, 9.17) is 19.3 Å². The molecule has 3 unspecified atom stereocenters. The zero-order valence-electron chi connectivity index (χ0n) is 17.1. The second-order valence-corrected chi connectivity index (χ2v) is 8.90. The first-order valence-electron chi connectivity index (χ1n) is 9.89. The summed E-state index contributed by atoms with van der Waals surface area (Å²) in [5.41, 5.74) is 0.617. The number of aliphatic hydroxyl groups is 3. The molecule has 170 valence electrons. The molecule has 2 aromatic rings. The van der Waals surface area contributed by atoms with Crippen molar-refractivity contribution in [3.8, 4) is 5.75 Å². The van der Waals surface area contributed by atoms with Gasteiger partial charge in [-0.25, -0.2) is 4.98 Å². The van der Waals surface area contributed by atoms with E-state index >= 15 is 0 Å². The van der Waals surface area contributed by atoms with Crippen molar-refractivity contribution in [3.05, 3.63) is 30.3 Å². The third kappa shape index (κ3) is 5.87. The molecular formula is C20H27N2O8P. The number of anilines is 1. The molecule has 1 saturated heterocycles. The van der Waals surface area contributed by atoms with Crippen molar-refractivity contribution in [1.29, 1.82) is 0 Å². The number of ether oxygens (including phenoxy) is 2. The highest BCUT2D eigenvalue weighted by atomic mass is 31.2. The second kappa shape index (κ2) is 10.1. The lowest BCUT2D eigenvalue weighted by molar-refractivity contribution is -0.272. The fraction of sp³-hybridized carbons (Fsp3) is 0.500. The predicted octanol–water partition coefficient (Wildman–Crippen LogP) is 0.702. The number of aromatic nitrogens is 1. The summed E-state index contributed by atoms with van der Waals surface area (Å²) in [5.74, 6) is 0.458. The number of hydrogen-bond donors (Lipinski definition) is 6. The van der Waals surface area contributed by atoms with Gasteiger partial charge in [-0.05, 0) is 36.8 Å². The summed E-state index contributed by atoms with van der Waals surface area (Å²) in [4.78, 5) is 34.4. The van der Waals surface area contributed by atoms with Gasteiger partial charge in [-0.2, -0.15) is 0 Å². The van der Waals surface area contributed by atoms with Crippen molar-refractivity contribution in [1.82, 2.24) is 4.98 Å². The molecule has 3 rings (SSSR count). The molecule has 0 spiro atoms. The highest BCUT2D eigenvalue weighted by Gasteiger charge is 2.44. The van der Waals surface area contributed by atoms with Crippen molar-refractivity contribution in [2.75, 3.05) is 11.5 Å². The van der Waals surface area contributed by atoms with Crippen LogP contribution in [0.4, 0.5) is 5.82 Å². The number of carbonyl (C=O) groups is 1. The van der Waals surface area contributed by atoms with Crippen LogP contribution in [-0.4, -0.2) is 72.9 Å². The minimum Gasteiger partial charge on any atom is -0.462 e. The Hall–Kier alpha value is -1.91. The Labute approximate surface area is 180 Å². The normalized spacial score (nSPS) is 26.4. The summed E-state index contributed by atoms with van der Waals surface area (Å²) >= 11 is 0. The topological polar surface area (TPSA) is 162 Å². The van der Waals surface area contributed by atoms with E-state index in [1.165, 1.54) is 0 Å². The molecule has 31 heavy (non-hydrogen) atoms. The lowest BCUT2D eigenvalue weighted by Gasteiger charge is -2.40. The van der Waals surface area contributed by atoms with Gasteiger partial charge < -0.3 is 39.9 Å². The molecule has 2 heterocycles. The molecule has 1 aliphatic heterocycles. The van der Waals surface area contributed by atoms with E-state index in [1.54, 1.807) is 44.2 Å². The van der Waals surface area contributed by atoms with Crippen molar-refractivity contribution < 1.29 is 39.4 Å². The molecule has 1 aromatic heterocycles. The second-order valence-electron chi connectivity index (χ2n) is 7.71. The third-order valence-corrected chi connectivity index (χ3v) is 5.63. The Morgan fingerprint density at radius 3 is 2.58 bits per heavy atom. The van der Waals surface area contributed by atoms with Crippen LogP contribution < -0.4 is 10.1 Å². The molecule has 0 aliphatic carbocycles. The van der Waals surface area contributed by atoms with Crippen LogP contribution in [0.25, 0.3) is 10.9 Å². The maximum Gasteiger partial charge on any atom is 0.229 e. The third-order valence-electron chi connectivity index (χ3n) is 4.97. The highest BCUT2D eigenvalue weighted by Crippen LogP contribution is 2.31. The molecule has 1 amide bonds. The van der Waals surface area contributed by atoms with Gasteiger partial charge in [0.25, 0.3) is 0 Å². The largest absolute Gasteiger partial charge is 0.462 e. The zero-order valence-corrected chi connectivity index (χ0v) is 18.0. The van der Waals surface area contributed by atoms with E-state index < -0.39 is 39.1 Å². The van der Waals surface area contributed by atoms with Crippen LogP contribution in [0.5, 0.6) is 5.75 Å². The van der Waals surface area contributed by atoms with Gasteiger partial charge in [0, 0.05) is 17.5 Å². The van der Waals surface area contributed by atoms with Gasteiger partial charge in [-0.3, -0.25) is 4.79 Å². The van der Waals surface area contributed by atoms with Crippen LogP contribution in [-0.2, 0) is 9.53 Å².